The van der Waals surface area contributed by atoms with E-state index in [-0.39, 0.29) is 15.9 Å². The third kappa shape index (κ3) is 4.49. The van der Waals surface area contributed by atoms with Gasteiger partial charge in [0.15, 0.2) is 5.75 Å². The number of rotatable bonds is 6. The number of methoxy groups -OCH3 is 1. The van der Waals surface area contributed by atoms with Crippen LogP contribution in [0.4, 0.5) is 14.5 Å². The van der Waals surface area contributed by atoms with Crippen molar-refractivity contribution in [1.82, 2.24) is 0 Å². The molecule has 1 aromatic carbocycles. The first kappa shape index (κ1) is 17.0. The number of hydrogen-bond donors (Lipinski definition) is 1. The van der Waals surface area contributed by atoms with Crippen LogP contribution in [0.15, 0.2) is 16.6 Å². The number of hydrogen-bond acceptors (Lipinski definition) is 4. The Kier molecular flexibility index (Phi) is 6.48. The van der Waals surface area contributed by atoms with Crippen LogP contribution in [0.1, 0.15) is 13.3 Å². The molecule has 0 aliphatic carbocycles. The number of carbonyl (C=O) groups is 1. The molecule has 112 valence electrons. The average molecular weight is 373 g/mol. The average Bonchev–Trinajstić information content (AvgIpc) is 2.38. The van der Waals surface area contributed by atoms with E-state index in [0.29, 0.717) is 11.4 Å². The second kappa shape index (κ2) is 7.64. The number of esters is 1. The summed E-state index contributed by atoms with van der Waals surface area (Å²) in [5, 5.41) is 3.09. The van der Waals surface area contributed by atoms with Gasteiger partial charge in [-0.05, 0) is 34.5 Å². The summed E-state index contributed by atoms with van der Waals surface area (Å²) in [4.78, 5) is 11.5. The summed E-state index contributed by atoms with van der Waals surface area (Å²) >= 11 is 8.96. The van der Waals surface area contributed by atoms with Gasteiger partial charge in [-0.3, -0.25) is 0 Å². The lowest BCUT2D eigenvalue weighted by atomic mass is 10.2. The maximum atomic E-state index is 12.4. The third-order valence-electron chi connectivity index (χ3n) is 2.44. The smallest absolute Gasteiger partial charge is 0.387 e. The number of alkyl halides is 2. The fraction of sp³-hybridized carbons (Fsp3) is 0.417. The van der Waals surface area contributed by atoms with E-state index in [0.717, 1.165) is 0 Å². The summed E-state index contributed by atoms with van der Waals surface area (Å²) < 4.78 is 34.2. The molecule has 0 radical (unpaired) electrons. The van der Waals surface area contributed by atoms with Crippen molar-refractivity contribution in [2.45, 2.75) is 26.0 Å². The molecule has 20 heavy (non-hydrogen) atoms. The maximum Gasteiger partial charge on any atom is 0.387 e. The Bertz CT molecular complexity index is 488. The van der Waals surface area contributed by atoms with Crippen LogP contribution >= 0.6 is 27.5 Å². The Morgan fingerprint density at radius 2 is 2.15 bits per heavy atom. The van der Waals surface area contributed by atoms with Crippen molar-refractivity contribution >= 4 is 39.2 Å². The summed E-state index contributed by atoms with van der Waals surface area (Å²) in [6, 6.07) is 2.13. The van der Waals surface area contributed by atoms with Gasteiger partial charge < -0.3 is 14.8 Å². The molecule has 0 spiro atoms. The van der Waals surface area contributed by atoms with Gasteiger partial charge in [-0.15, -0.1) is 0 Å². The molecule has 0 saturated carbocycles. The van der Waals surface area contributed by atoms with E-state index >= 15 is 0 Å². The molecule has 0 amide bonds. The molecule has 0 saturated heterocycles. The Morgan fingerprint density at radius 1 is 1.50 bits per heavy atom. The van der Waals surface area contributed by atoms with Gasteiger partial charge in [0, 0.05) is 5.02 Å². The van der Waals surface area contributed by atoms with E-state index in [1.54, 1.807) is 6.92 Å². The van der Waals surface area contributed by atoms with Gasteiger partial charge in [-0.25, -0.2) is 4.79 Å². The molecule has 1 rings (SSSR count). The number of carbonyl (C=O) groups excluding carboxylic acids is 1. The summed E-state index contributed by atoms with van der Waals surface area (Å²) in [6.07, 6.45) is 0.408. The Morgan fingerprint density at radius 3 is 2.65 bits per heavy atom. The molecule has 1 N–H and O–H groups in total. The first-order valence-corrected chi connectivity index (χ1v) is 6.84. The highest BCUT2D eigenvalue weighted by Gasteiger charge is 2.21. The van der Waals surface area contributed by atoms with E-state index in [1.807, 2.05) is 0 Å². The quantitative estimate of drug-likeness (QED) is 0.765. The molecule has 0 heterocycles. The summed E-state index contributed by atoms with van der Waals surface area (Å²) in [5.74, 6) is -0.627. The summed E-state index contributed by atoms with van der Waals surface area (Å²) in [6.45, 7) is -1.24. The zero-order chi connectivity index (χ0) is 15.3. The fourth-order valence-electron chi connectivity index (χ4n) is 1.53. The minimum Gasteiger partial charge on any atom is -0.467 e. The largest absolute Gasteiger partial charge is 0.467 e. The lowest BCUT2D eigenvalue weighted by Crippen LogP contribution is -2.30. The molecule has 0 aliphatic rings. The lowest BCUT2D eigenvalue weighted by Gasteiger charge is -2.19. The van der Waals surface area contributed by atoms with Gasteiger partial charge in [0.1, 0.15) is 6.04 Å². The molecular weight excluding hydrogens is 359 g/mol. The molecule has 8 heteroatoms. The number of ether oxygens (including phenoxy) is 2. The van der Waals surface area contributed by atoms with E-state index in [9.17, 15) is 13.6 Å². The van der Waals surface area contributed by atoms with Crippen LogP contribution in [-0.4, -0.2) is 25.7 Å². The second-order valence-corrected chi connectivity index (χ2v) is 5.06. The molecule has 1 atom stereocenters. The van der Waals surface area contributed by atoms with Crippen LogP contribution in [0.5, 0.6) is 5.75 Å². The van der Waals surface area contributed by atoms with Gasteiger partial charge in [-0.2, -0.15) is 8.78 Å². The number of halogens is 4. The first-order chi connectivity index (χ1) is 9.38. The predicted octanol–water partition coefficient (Wildman–Crippen LogP) is 4.07. The first-order valence-electron chi connectivity index (χ1n) is 5.67. The Balaban J connectivity index is 3.11. The predicted molar refractivity (Wildman–Crippen MR) is 75.5 cm³/mol. The SMILES string of the molecule is CCC(Nc1cc(Cl)cc(Br)c1OC(F)F)C(=O)OC. The van der Waals surface area contributed by atoms with Crippen molar-refractivity contribution in [2.24, 2.45) is 0 Å². The van der Waals surface area contributed by atoms with E-state index in [4.69, 9.17) is 11.6 Å². The van der Waals surface area contributed by atoms with Crippen LogP contribution in [0.3, 0.4) is 0 Å². The van der Waals surface area contributed by atoms with Crippen LogP contribution in [0.2, 0.25) is 5.02 Å². The van der Waals surface area contributed by atoms with Crippen molar-refractivity contribution in [3.05, 3.63) is 21.6 Å². The Hall–Kier alpha value is -1.08. The van der Waals surface area contributed by atoms with E-state index < -0.39 is 18.6 Å². The highest BCUT2D eigenvalue weighted by Crippen LogP contribution is 2.38. The standard InChI is InChI=1S/C12H13BrClF2NO3/c1-3-8(11(18)19-2)17-9-5-6(14)4-7(13)10(9)20-12(15)16/h4-5,8,12,17H,3H2,1-2H3. The molecule has 0 bridgehead atoms. The van der Waals surface area contributed by atoms with Crippen molar-refractivity contribution < 1.29 is 23.0 Å². The third-order valence-corrected chi connectivity index (χ3v) is 3.25. The number of nitrogens with one attached hydrogen (secondary N) is 1. The normalized spacial score (nSPS) is 12.2. The number of benzene rings is 1. The molecule has 0 fully saturated rings. The van der Waals surface area contributed by atoms with Crippen LogP contribution in [0, 0.1) is 0 Å². The zero-order valence-electron chi connectivity index (χ0n) is 10.8. The van der Waals surface area contributed by atoms with Gasteiger partial charge in [-0.1, -0.05) is 18.5 Å². The van der Waals surface area contributed by atoms with E-state index in [1.165, 1.54) is 19.2 Å². The summed E-state index contributed by atoms with van der Waals surface area (Å²) in [7, 11) is 1.25. The monoisotopic (exact) mass is 371 g/mol. The topological polar surface area (TPSA) is 47.6 Å². The molecule has 4 nitrogen and oxygen atoms in total. The lowest BCUT2D eigenvalue weighted by molar-refractivity contribution is -0.141. The molecular formula is C12H13BrClF2NO3. The van der Waals surface area contributed by atoms with Gasteiger partial charge in [0.25, 0.3) is 0 Å². The summed E-state index contributed by atoms with van der Waals surface area (Å²) in [5.41, 5.74) is 0.182. The molecule has 1 aromatic rings. The highest BCUT2D eigenvalue weighted by atomic mass is 79.9. The van der Waals surface area contributed by atoms with Gasteiger partial charge >= 0.3 is 12.6 Å². The van der Waals surface area contributed by atoms with Crippen molar-refractivity contribution in [3.8, 4) is 5.75 Å². The van der Waals surface area contributed by atoms with Crippen LogP contribution < -0.4 is 10.1 Å². The minimum atomic E-state index is -2.99. The number of anilines is 1. The Labute approximate surface area is 128 Å². The van der Waals surface area contributed by atoms with Crippen molar-refractivity contribution in [2.75, 3.05) is 12.4 Å². The van der Waals surface area contributed by atoms with Crippen LogP contribution in [0.25, 0.3) is 0 Å². The molecule has 0 aromatic heterocycles. The second-order valence-electron chi connectivity index (χ2n) is 3.77. The van der Waals surface area contributed by atoms with Crippen molar-refractivity contribution in [3.63, 3.8) is 0 Å². The minimum absolute atomic E-state index is 0.119. The molecule has 1 unspecified atom stereocenters. The maximum absolute atomic E-state index is 12.4. The van der Waals surface area contributed by atoms with Gasteiger partial charge in [0.05, 0.1) is 17.3 Å². The highest BCUT2D eigenvalue weighted by molar-refractivity contribution is 9.10. The molecule has 0 aliphatic heterocycles. The van der Waals surface area contributed by atoms with E-state index in [2.05, 4.69) is 30.7 Å². The fourth-order valence-corrected chi connectivity index (χ4v) is 2.44. The zero-order valence-corrected chi connectivity index (χ0v) is 13.1. The van der Waals surface area contributed by atoms with Crippen molar-refractivity contribution in [1.29, 1.82) is 0 Å². The van der Waals surface area contributed by atoms with Gasteiger partial charge in [0.2, 0.25) is 0 Å². The van der Waals surface area contributed by atoms with Crippen LogP contribution in [-0.2, 0) is 9.53 Å².